The molecule has 2 saturated heterocycles. The molecule has 0 aliphatic carbocycles. The number of carbonyl (C=O) groups excluding carboxylic acids is 2. The second-order valence-corrected chi connectivity index (χ2v) is 7.46. The Morgan fingerprint density at radius 3 is 2.70 bits per heavy atom. The average Bonchev–Trinajstić information content (AvgIpc) is 2.52. The van der Waals surface area contributed by atoms with Crippen LogP contribution in [0.2, 0.25) is 0 Å². The Balaban J connectivity index is 2.07. The highest BCUT2D eigenvalue weighted by Gasteiger charge is 2.37. The fraction of sp³-hybridized carbons (Fsp3) is 0.833. The van der Waals surface area contributed by atoms with E-state index in [0.29, 0.717) is 13.1 Å². The molecule has 8 heteroatoms. The smallest absolute Gasteiger partial charge is 0.237 e. The number of fused-ring (bicyclic) bond motifs is 3. The lowest BCUT2D eigenvalue weighted by atomic mass is 9.99. The van der Waals surface area contributed by atoms with Gasteiger partial charge in [0.05, 0.1) is 18.7 Å². The standard InChI is InChI=1S/C12H21N3O4S/c1-14-10-5-3-4-9(12(14)17)7-15(8-10)11(16)6-13-20(2,18)19/h9-10,13H,3-8H2,1-2H3/t9-,10+/m1/s1. The van der Waals surface area contributed by atoms with Crippen molar-refractivity contribution in [1.82, 2.24) is 14.5 Å². The Morgan fingerprint density at radius 1 is 1.35 bits per heavy atom. The van der Waals surface area contributed by atoms with Crippen molar-refractivity contribution in [3.63, 3.8) is 0 Å². The van der Waals surface area contributed by atoms with Gasteiger partial charge in [0.1, 0.15) is 0 Å². The fourth-order valence-corrected chi connectivity index (χ4v) is 3.26. The lowest BCUT2D eigenvalue weighted by Gasteiger charge is -2.29. The predicted molar refractivity (Wildman–Crippen MR) is 73.3 cm³/mol. The molecule has 20 heavy (non-hydrogen) atoms. The van der Waals surface area contributed by atoms with E-state index >= 15 is 0 Å². The van der Waals surface area contributed by atoms with E-state index < -0.39 is 10.0 Å². The van der Waals surface area contributed by atoms with Gasteiger partial charge in [0.25, 0.3) is 0 Å². The van der Waals surface area contributed by atoms with Gasteiger partial charge in [0, 0.05) is 26.2 Å². The molecule has 0 aromatic carbocycles. The highest BCUT2D eigenvalue weighted by Crippen LogP contribution is 2.26. The minimum Gasteiger partial charge on any atom is -0.341 e. The molecule has 2 fully saturated rings. The minimum atomic E-state index is -3.38. The van der Waals surface area contributed by atoms with Crippen LogP contribution in [0, 0.1) is 5.92 Å². The Kier molecular flexibility index (Phi) is 4.33. The zero-order valence-electron chi connectivity index (χ0n) is 11.8. The van der Waals surface area contributed by atoms with Gasteiger partial charge in [-0.1, -0.05) is 6.42 Å². The average molecular weight is 303 g/mol. The molecule has 0 spiro atoms. The number of rotatable bonds is 3. The predicted octanol–water partition coefficient (Wildman–Crippen LogP) is -0.995. The number of nitrogens with zero attached hydrogens (tertiary/aromatic N) is 2. The molecule has 0 radical (unpaired) electrons. The van der Waals surface area contributed by atoms with Crippen LogP contribution in [0.15, 0.2) is 0 Å². The molecule has 2 rings (SSSR count). The summed E-state index contributed by atoms with van der Waals surface area (Å²) < 4.78 is 24.3. The molecule has 0 aromatic heterocycles. The van der Waals surface area contributed by atoms with Crippen molar-refractivity contribution >= 4 is 21.8 Å². The Morgan fingerprint density at radius 2 is 2.05 bits per heavy atom. The van der Waals surface area contributed by atoms with Crippen LogP contribution in [-0.2, 0) is 19.6 Å². The topological polar surface area (TPSA) is 86.8 Å². The van der Waals surface area contributed by atoms with Gasteiger partial charge in [-0.25, -0.2) is 13.1 Å². The SMILES string of the molecule is CN1C(=O)[C@@H]2CCC[C@H]1CN(C(=O)CNS(C)(=O)=O)C2. The van der Waals surface area contributed by atoms with Gasteiger partial charge >= 0.3 is 0 Å². The number of sulfonamides is 1. The molecule has 0 aromatic rings. The number of hydrogen-bond donors (Lipinski definition) is 1. The van der Waals surface area contributed by atoms with Gasteiger partial charge in [-0.15, -0.1) is 0 Å². The molecule has 2 heterocycles. The van der Waals surface area contributed by atoms with Gasteiger partial charge in [0.15, 0.2) is 0 Å². The first-order valence-electron chi connectivity index (χ1n) is 6.77. The van der Waals surface area contributed by atoms with Gasteiger partial charge < -0.3 is 9.80 Å². The highest BCUT2D eigenvalue weighted by atomic mass is 32.2. The summed E-state index contributed by atoms with van der Waals surface area (Å²) in [5.41, 5.74) is 0. The molecule has 2 atom stereocenters. The lowest BCUT2D eigenvalue weighted by molar-refractivity contribution is -0.134. The molecule has 0 saturated carbocycles. The summed E-state index contributed by atoms with van der Waals surface area (Å²) in [6.45, 7) is 0.642. The van der Waals surface area contributed by atoms with E-state index in [1.165, 1.54) is 0 Å². The lowest BCUT2D eigenvalue weighted by Crippen LogP contribution is -2.45. The molecule has 1 N–H and O–H groups in total. The summed E-state index contributed by atoms with van der Waals surface area (Å²) in [4.78, 5) is 27.7. The Labute approximate surface area is 119 Å². The Hall–Kier alpha value is -1.15. The normalized spacial score (nSPS) is 27.4. The van der Waals surface area contributed by atoms with Crippen molar-refractivity contribution in [3.8, 4) is 0 Å². The van der Waals surface area contributed by atoms with Crippen molar-refractivity contribution < 1.29 is 18.0 Å². The molecular weight excluding hydrogens is 282 g/mol. The molecular formula is C12H21N3O4S. The van der Waals surface area contributed by atoms with Crippen LogP contribution < -0.4 is 4.72 Å². The van der Waals surface area contributed by atoms with Crippen molar-refractivity contribution in [3.05, 3.63) is 0 Å². The first-order chi connectivity index (χ1) is 9.28. The van der Waals surface area contributed by atoms with Gasteiger partial charge in [-0.05, 0) is 12.8 Å². The summed E-state index contributed by atoms with van der Waals surface area (Å²) >= 11 is 0. The van der Waals surface area contributed by atoms with E-state index in [4.69, 9.17) is 0 Å². The van der Waals surface area contributed by atoms with Crippen LogP contribution >= 0.6 is 0 Å². The molecule has 7 nitrogen and oxygen atoms in total. The summed E-state index contributed by atoms with van der Waals surface area (Å²) in [5, 5.41) is 0. The van der Waals surface area contributed by atoms with Crippen LogP contribution in [0.3, 0.4) is 0 Å². The van der Waals surface area contributed by atoms with E-state index in [1.54, 1.807) is 16.8 Å². The quantitative estimate of drug-likeness (QED) is 0.725. The zero-order valence-corrected chi connectivity index (χ0v) is 12.6. The molecule has 2 aliphatic heterocycles. The van der Waals surface area contributed by atoms with E-state index in [9.17, 15) is 18.0 Å². The first kappa shape index (κ1) is 15.2. The largest absolute Gasteiger partial charge is 0.341 e. The van der Waals surface area contributed by atoms with Crippen molar-refractivity contribution in [1.29, 1.82) is 0 Å². The number of hydrogen-bond acceptors (Lipinski definition) is 4. The summed E-state index contributed by atoms with van der Waals surface area (Å²) in [6, 6.07) is 0.0391. The van der Waals surface area contributed by atoms with Gasteiger partial charge in [-0.3, -0.25) is 9.59 Å². The molecule has 0 unspecified atom stereocenters. The van der Waals surface area contributed by atoms with E-state index in [2.05, 4.69) is 4.72 Å². The second kappa shape index (κ2) is 5.69. The van der Waals surface area contributed by atoms with Crippen LogP contribution in [0.1, 0.15) is 19.3 Å². The third-order valence-electron chi connectivity index (χ3n) is 4.04. The third-order valence-corrected chi connectivity index (χ3v) is 4.71. The summed E-state index contributed by atoms with van der Waals surface area (Å²) in [5.74, 6) is -0.330. The molecule has 2 bridgehead atoms. The highest BCUT2D eigenvalue weighted by molar-refractivity contribution is 7.88. The van der Waals surface area contributed by atoms with Crippen LogP contribution in [-0.4, -0.2) is 69.0 Å². The van der Waals surface area contributed by atoms with E-state index in [0.717, 1.165) is 25.5 Å². The van der Waals surface area contributed by atoms with Crippen LogP contribution in [0.5, 0.6) is 0 Å². The second-order valence-electron chi connectivity index (χ2n) is 5.62. The maximum Gasteiger partial charge on any atom is 0.237 e. The van der Waals surface area contributed by atoms with Gasteiger partial charge in [-0.2, -0.15) is 0 Å². The number of likely N-dealkylation sites (tertiary alicyclic amines) is 1. The van der Waals surface area contributed by atoms with E-state index in [-0.39, 0.29) is 30.3 Å². The number of nitrogens with one attached hydrogen (secondary N) is 1. The minimum absolute atomic E-state index is 0.0391. The van der Waals surface area contributed by atoms with Crippen molar-refractivity contribution in [2.24, 2.45) is 5.92 Å². The fourth-order valence-electron chi connectivity index (χ4n) is 2.87. The maximum atomic E-state index is 12.2. The van der Waals surface area contributed by atoms with Crippen molar-refractivity contribution in [2.75, 3.05) is 32.9 Å². The molecule has 114 valence electrons. The van der Waals surface area contributed by atoms with Crippen LogP contribution in [0.4, 0.5) is 0 Å². The number of amides is 2. The number of carbonyl (C=O) groups is 2. The van der Waals surface area contributed by atoms with Gasteiger partial charge in [0.2, 0.25) is 21.8 Å². The summed E-state index contributed by atoms with van der Waals surface area (Å²) in [7, 11) is -1.60. The monoisotopic (exact) mass is 303 g/mol. The van der Waals surface area contributed by atoms with Crippen molar-refractivity contribution in [2.45, 2.75) is 25.3 Å². The summed E-state index contributed by atoms with van der Waals surface area (Å²) in [6.07, 6.45) is 3.70. The molecule has 2 aliphatic rings. The number of likely N-dealkylation sites (N-methyl/N-ethyl adjacent to an activating group) is 1. The maximum absolute atomic E-state index is 12.2. The zero-order chi connectivity index (χ0) is 14.9. The first-order valence-corrected chi connectivity index (χ1v) is 8.66. The third kappa shape index (κ3) is 3.49. The Bertz CT molecular complexity index is 505. The van der Waals surface area contributed by atoms with E-state index in [1.807, 2.05) is 0 Å². The molecule has 2 amide bonds. The van der Waals surface area contributed by atoms with Crippen LogP contribution in [0.25, 0.3) is 0 Å².